The maximum atomic E-state index is 11.7. The number of carbonyl (C=O) groups excluding carboxylic acids is 1. The lowest BCUT2D eigenvalue weighted by molar-refractivity contribution is -0.122. The summed E-state index contributed by atoms with van der Waals surface area (Å²) >= 11 is 1.52. The molecule has 96 valence electrons. The first-order valence-corrected chi connectivity index (χ1v) is 5.88. The van der Waals surface area contributed by atoms with Crippen molar-refractivity contribution in [1.29, 1.82) is 0 Å². The van der Waals surface area contributed by atoms with Crippen LogP contribution in [-0.4, -0.2) is 48.5 Å². The van der Waals surface area contributed by atoms with E-state index in [-0.39, 0.29) is 6.61 Å². The van der Waals surface area contributed by atoms with Gasteiger partial charge in [0, 0.05) is 18.9 Å². The molecule has 2 amide bonds. The van der Waals surface area contributed by atoms with E-state index in [0.717, 1.165) is 5.75 Å². The normalized spacial score (nSPS) is 11.2. The molecule has 0 aliphatic rings. The van der Waals surface area contributed by atoms with E-state index >= 15 is 0 Å². The Hall–Kier alpha value is -0.630. The lowest BCUT2D eigenvalue weighted by Gasteiger charge is -2.09. The molecule has 0 atom stereocenters. The van der Waals surface area contributed by atoms with Crippen molar-refractivity contribution in [3.8, 4) is 0 Å². The highest BCUT2D eigenvalue weighted by Crippen LogP contribution is 2.11. The number of alkyl halides is 3. The highest BCUT2D eigenvalue weighted by atomic mass is 32.2. The summed E-state index contributed by atoms with van der Waals surface area (Å²) in [6.45, 7) is -0.900. The van der Waals surface area contributed by atoms with Crippen molar-refractivity contribution in [1.82, 2.24) is 10.6 Å². The molecule has 3 N–H and O–H groups in total. The molecule has 0 aliphatic heterocycles. The molecule has 0 fully saturated rings. The zero-order valence-electron chi connectivity index (χ0n) is 8.64. The van der Waals surface area contributed by atoms with Gasteiger partial charge in [-0.15, -0.1) is 0 Å². The minimum atomic E-state index is -4.38. The standard InChI is InChI=1S/C8H15F3N2O2S/c9-8(10,11)6-13-7(15)12-2-5-16-4-1-3-14/h14H,1-6H2,(H2,12,13,15). The molecule has 0 aliphatic carbocycles. The molecule has 4 nitrogen and oxygen atoms in total. The fraction of sp³-hybridized carbons (Fsp3) is 0.875. The molecule has 0 radical (unpaired) electrons. The fourth-order valence-corrected chi connectivity index (χ4v) is 1.53. The molecule has 0 saturated carbocycles. The Morgan fingerprint density at radius 3 is 2.50 bits per heavy atom. The third-order valence-electron chi connectivity index (χ3n) is 1.43. The molecule has 8 heteroatoms. The molecule has 0 heterocycles. The first-order chi connectivity index (χ1) is 7.45. The lowest BCUT2D eigenvalue weighted by Crippen LogP contribution is -2.41. The number of nitrogens with one attached hydrogen (secondary N) is 2. The van der Waals surface area contributed by atoms with Crippen molar-refractivity contribution in [2.45, 2.75) is 12.6 Å². The van der Waals surface area contributed by atoms with Crippen LogP contribution in [0.4, 0.5) is 18.0 Å². The molecule has 0 unspecified atom stereocenters. The Balaban J connectivity index is 3.31. The average Bonchev–Trinajstić information content (AvgIpc) is 2.19. The van der Waals surface area contributed by atoms with Crippen molar-refractivity contribution in [3.63, 3.8) is 0 Å². The van der Waals surface area contributed by atoms with Crippen molar-refractivity contribution >= 4 is 17.8 Å². The van der Waals surface area contributed by atoms with Gasteiger partial charge < -0.3 is 15.7 Å². The predicted molar refractivity (Wildman–Crippen MR) is 56.5 cm³/mol. The minimum Gasteiger partial charge on any atom is -0.396 e. The molecule has 0 aromatic carbocycles. The van der Waals surface area contributed by atoms with Crippen LogP contribution >= 0.6 is 11.8 Å². The van der Waals surface area contributed by atoms with Gasteiger partial charge >= 0.3 is 12.2 Å². The van der Waals surface area contributed by atoms with Crippen molar-refractivity contribution in [2.24, 2.45) is 0 Å². The second-order valence-corrected chi connectivity index (χ2v) is 4.14. The summed E-state index contributed by atoms with van der Waals surface area (Å²) in [7, 11) is 0. The second-order valence-electron chi connectivity index (χ2n) is 2.91. The van der Waals surface area contributed by atoms with Gasteiger partial charge in [-0.25, -0.2) is 4.79 Å². The first-order valence-electron chi connectivity index (χ1n) is 4.73. The third-order valence-corrected chi connectivity index (χ3v) is 2.50. The number of halogens is 3. The number of urea groups is 1. The number of amides is 2. The van der Waals surface area contributed by atoms with Crippen LogP contribution in [0.5, 0.6) is 0 Å². The number of hydrogen-bond donors (Lipinski definition) is 3. The SMILES string of the molecule is O=C(NCCSCCCO)NCC(F)(F)F. The van der Waals surface area contributed by atoms with Crippen molar-refractivity contribution < 1.29 is 23.1 Å². The monoisotopic (exact) mass is 260 g/mol. The van der Waals surface area contributed by atoms with E-state index in [4.69, 9.17) is 5.11 Å². The number of rotatable bonds is 7. The van der Waals surface area contributed by atoms with Gasteiger partial charge in [-0.1, -0.05) is 0 Å². The van der Waals surface area contributed by atoms with Gasteiger partial charge in [-0.05, 0) is 12.2 Å². The van der Waals surface area contributed by atoms with E-state index in [9.17, 15) is 18.0 Å². The highest BCUT2D eigenvalue weighted by molar-refractivity contribution is 7.99. The van der Waals surface area contributed by atoms with E-state index in [1.165, 1.54) is 11.8 Å². The summed E-state index contributed by atoms with van der Waals surface area (Å²) in [5.41, 5.74) is 0. The van der Waals surface area contributed by atoms with Crippen LogP contribution in [0.15, 0.2) is 0 Å². The number of carbonyl (C=O) groups is 1. The van der Waals surface area contributed by atoms with Crippen molar-refractivity contribution in [3.05, 3.63) is 0 Å². The van der Waals surface area contributed by atoms with Gasteiger partial charge in [0.1, 0.15) is 6.54 Å². The average molecular weight is 260 g/mol. The second kappa shape index (κ2) is 8.51. The van der Waals surface area contributed by atoms with E-state index < -0.39 is 18.8 Å². The van der Waals surface area contributed by atoms with Gasteiger partial charge in [0.25, 0.3) is 0 Å². The molecule has 0 saturated heterocycles. The summed E-state index contributed by atoms with van der Waals surface area (Å²) in [4.78, 5) is 10.8. The Labute approximate surface area is 96.0 Å². The molecule has 0 rings (SSSR count). The Morgan fingerprint density at radius 1 is 1.25 bits per heavy atom. The topological polar surface area (TPSA) is 61.4 Å². The predicted octanol–water partition coefficient (Wildman–Crippen LogP) is 0.964. The van der Waals surface area contributed by atoms with Gasteiger partial charge in [0.05, 0.1) is 0 Å². The summed E-state index contributed by atoms with van der Waals surface area (Å²) < 4.78 is 35.0. The quantitative estimate of drug-likeness (QED) is 0.598. The zero-order valence-corrected chi connectivity index (χ0v) is 9.46. The molecule has 0 spiro atoms. The first kappa shape index (κ1) is 15.4. The summed E-state index contributed by atoms with van der Waals surface area (Å²) in [6, 6.07) is -0.819. The Morgan fingerprint density at radius 2 is 1.94 bits per heavy atom. The number of aliphatic hydroxyl groups is 1. The molecular formula is C8H15F3N2O2S. The van der Waals surface area contributed by atoms with Crippen LogP contribution in [0.25, 0.3) is 0 Å². The van der Waals surface area contributed by atoms with E-state index in [1.807, 2.05) is 0 Å². The third kappa shape index (κ3) is 11.4. The lowest BCUT2D eigenvalue weighted by atomic mass is 10.5. The molecule has 16 heavy (non-hydrogen) atoms. The van der Waals surface area contributed by atoms with Gasteiger partial charge in [0.2, 0.25) is 0 Å². The number of aliphatic hydroxyl groups excluding tert-OH is 1. The van der Waals surface area contributed by atoms with Crippen LogP contribution in [0.3, 0.4) is 0 Å². The van der Waals surface area contributed by atoms with Gasteiger partial charge in [-0.3, -0.25) is 0 Å². The van der Waals surface area contributed by atoms with E-state index in [1.54, 1.807) is 5.32 Å². The van der Waals surface area contributed by atoms with Crippen LogP contribution in [0.1, 0.15) is 6.42 Å². The van der Waals surface area contributed by atoms with Crippen molar-refractivity contribution in [2.75, 3.05) is 31.2 Å². The van der Waals surface area contributed by atoms with Crippen LogP contribution in [-0.2, 0) is 0 Å². The highest BCUT2D eigenvalue weighted by Gasteiger charge is 2.27. The summed E-state index contributed by atoms with van der Waals surface area (Å²) in [5.74, 6) is 1.38. The summed E-state index contributed by atoms with van der Waals surface area (Å²) in [5, 5.41) is 12.5. The number of hydrogen-bond acceptors (Lipinski definition) is 3. The Bertz CT molecular complexity index is 202. The Kier molecular flexibility index (Phi) is 8.18. The van der Waals surface area contributed by atoms with E-state index in [2.05, 4.69) is 5.32 Å². The summed E-state index contributed by atoms with van der Waals surface area (Å²) in [6.07, 6.45) is -3.71. The van der Waals surface area contributed by atoms with Crippen LogP contribution in [0.2, 0.25) is 0 Å². The van der Waals surface area contributed by atoms with Crippen LogP contribution in [0, 0.1) is 0 Å². The smallest absolute Gasteiger partial charge is 0.396 e. The molecule has 0 aromatic rings. The fourth-order valence-electron chi connectivity index (χ4n) is 0.748. The minimum absolute atomic E-state index is 0.118. The maximum absolute atomic E-state index is 11.7. The van der Waals surface area contributed by atoms with Gasteiger partial charge in [-0.2, -0.15) is 24.9 Å². The van der Waals surface area contributed by atoms with Crippen LogP contribution < -0.4 is 10.6 Å². The number of thioether (sulfide) groups is 1. The maximum Gasteiger partial charge on any atom is 0.405 e. The van der Waals surface area contributed by atoms with E-state index in [0.29, 0.717) is 18.7 Å². The molecule has 0 bridgehead atoms. The van der Waals surface area contributed by atoms with Gasteiger partial charge in [0.15, 0.2) is 0 Å². The molecule has 0 aromatic heterocycles. The molecular weight excluding hydrogens is 245 g/mol. The largest absolute Gasteiger partial charge is 0.405 e. The zero-order chi connectivity index (χ0) is 12.4.